The second-order valence-electron chi connectivity index (χ2n) is 5.14. The summed E-state index contributed by atoms with van der Waals surface area (Å²) >= 11 is 0. The lowest BCUT2D eigenvalue weighted by molar-refractivity contribution is -0.116. The molecule has 1 aliphatic rings. The van der Waals surface area contributed by atoms with Gasteiger partial charge >= 0.3 is 0 Å². The Balaban J connectivity index is 1.94. The number of pyridine rings is 1. The second-order valence-corrected chi connectivity index (χ2v) is 7.22. The number of carbonyl (C=O) groups excluding carboxylic acids is 1. The quantitative estimate of drug-likeness (QED) is 0.856. The summed E-state index contributed by atoms with van der Waals surface area (Å²) in [6.45, 7) is 0.733. The van der Waals surface area contributed by atoms with Gasteiger partial charge in [-0.2, -0.15) is 0 Å². The van der Waals surface area contributed by atoms with Crippen molar-refractivity contribution in [3.8, 4) is 0 Å². The fourth-order valence-electron chi connectivity index (χ4n) is 2.23. The van der Waals surface area contributed by atoms with Gasteiger partial charge in [0.2, 0.25) is 15.9 Å². The van der Waals surface area contributed by atoms with Gasteiger partial charge in [0.1, 0.15) is 0 Å². The standard InChI is InChI=1S/C13H20N4O3S/c1-16(2)13-11(5-3-7-14-13)15-12(18)6-9-17-8-4-10-21(17,19)20/h3,5,7H,4,6,8-10H2,1-2H3,(H,15,18). The lowest BCUT2D eigenvalue weighted by Crippen LogP contribution is -2.29. The van der Waals surface area contributed by atoms with E-state index < -0.39 is 10.0 Å². The van der Waals surface area contributed by atoms with E-state index in [1.807, 2.05) is 14.1 Å². The summed E-state index contributed by atoms with van der Waals surface area (Å²) < 4.78 is 24.7. The number of rotatable bonds is 5. The highest BCUT2D eigenvalue weighted by molar-refractivity contribution is 7.89. The Morgan fingerprint density at radius 3 is 2.86 bits per heavy atom. The summed E-state index contributed by atoms with van der Waals surface area (Å²) in [7, 11) is 0.540. The topological polar surface area (TPSA) is 82.6 Å². The predicted molar refractivity (Wildman–Crippen MR) is 81.8 cm³/mol. The third-order valence-corrected chi connectivity index (χ3v) is 5.23. The Labute approximate surface area is 125 Å². The number of nitrogens with zero attached hydrogens (tertiary/aromatic N) is 3. The minimum atomic E-state index is -3.14. The van der Waals surface area contributed by atoms with Gasteiger partial charge in [-0.05, 0) is 18.6 Å². The van der Waals surface area contributed by atoms with Gasteiger partial charge in [0.25, 0.3) is 0 Å². The molecule has 2 rings (SSSR count). The molecule has 1 aliphatic heterocycles. The third-order valence-electron chi connectivity index (χ3n) is 3.28. The van der Waals surface area contributed by atoms with Gasteiger partial charge in [0.05, 0.1) is 11.4 Å². The zero-order valence-electron chi connectivity index (χ0n) is 12.2. The minimum absolute atomic E-state index is 0.140. The molecule has 1 N–H and O–H groups in total. The van der Waals surface area contributed by atoms with Gasteiger partial charge in [-0.25, -0.2) is 17.7 Å². The molecular formula is C13H20N4O3S. The summed E-state index contributed by atoms with van der Waals surface area (Å²) in [5.41, 5.74) is 0.622. The number of anilines is 2. The third kappa shape index (κ3) is 3.92. The molecule has 1 aromatic rings. The van der Waals surface area contributed by atoms with Gasteiger partial charge in [0, 0.05) is 39.8 Å². The van der Waals surface area contributed by atoms with E-state index in [-0.39, 0.29) is 24.6 Å². The molecule has 0 saturated carbocycles. The van der Waals surface area contributed by atoms with Crippen molar-refractivity contribution in [2.75, 3.05) is 43.2 Å². The average Bonchev–Trinajstić information content (AvgIpc) is 2.75. The van der Waals surface area contributed by atoms with E-state index in [0.29, 0.717) is 24.5 Å². The fraction of sp³-hybridized carbons (Fsp3) is 0.538. The van der Waals surface area contributed by atoms with Crippen LogP contribution >= 0.6 is 0 Å². The monoisotopic (exact) mass is 312 g/mol. The normalized spacial score (nSPS) is 17.6. The van der Waals surface area contributed by atoms with Crippen LogP contribution in [-0.4, -0.2) is 56.6 Å². The van der Waals surface area contributed by atoms with Crippen LogP contribution in [0, 0.1) is 0 Å². The van der Waals surface area contributed by atoms with Crippen LogP contribution in [0.15, 0.2) is 18.3 Å². The van der Waals surface area contributed by atoms with Crippen molar-refractivity contribution in [2.24, 2.45) is 0 Å². The Morgan fingerprint density at radius 1 is 1.48 bits per heavy atom. The SMILES string of the molecule is CN(C)c1ncccc1NC(=O)CCN1CCCS1(=O)=O. The molecular weight excluding hydrogens is 292 g/mol. The van der Waals surface area contributed by atoms with E-state index >= 15 is 0 Å². The van der Waals surface area contributed by atoms with Crippen molar-refractivity contribution in [1.82, 2.24) is 9.29 Å². The molecule has 7 nitrogen and oxygen atoms in total. The molecule has 1 aromatic heterocycles. The maximum absolute atomic E-state index is 12.0. The summed E-state index contributed by atoms with van der Waals surface area (Å²) in [5.74, 6) is 0.634. The van der Waals surface area contributed by atoms with Gasteiger partial charge in [-0.1, -0.05) is 0 Å². The molecule has 0 radical (unpaired) electrons. The lowest BCUT2D eigenvalue weighted by Gasteiger charge is -2.17. The lowest BCUT2D eigenvalue weighted by atomic mass is 10.3. The van der Waals surface area contributed by atoms with Crippen LogP contribution in [0.2, 0.25) is 0 Å². The molecule has 8 heteroatoms. The van der Waals surface area contributed by atoms with E-state index in [2.05, 4.69) is 10.3 Å². The van der Waals surface area contributed by atoms with Gasteiger partial charge < -0.3 is 10.2 Å². The highest BCUT2D eigenvalue weighted by Crippen LogP contribution is 2.20. The molecule has 0 spiro atoms. The molecule has 0 bridgehead atoms. The highest BCUT2D eigenvalue weighted by Gasteiger charge is 2.28. The van der Waals surface area contributed by atoms with Crippen LogP contribution in [0.4, 0.5) is 11.5 Å². The zero-order chi connectivity index (χ0) is 15.5. The van der Waals surface area contributed by atoms with Crippen molar-refractivity contribution in [1.29, 1.82) is 0 Å². The maximum atomic E-state index is 12.0. The van der Waals surface area contributed by atoms with E-state index in [9.17, 15) is 13.2 Å². The maximum Gasteiger partial charge on any atom is 0.225 e. The number of amides is 1. The Hall–Kier alpha value is -1.67. The number of sulfonamides is 1. The van der Waals surface area contributed by atoms with Crippen LogP contribution in [0.5, 0.6) is 0 Å². The highest BCUT2D eigenvalue weighted by atomic mass is 32.2. The first-order valence-corrected chi connectivity index (χ1v) is 8.41. The van der Waals surface area contributed by atoms with Gasteiger partial charge in [0.15, 0.2) is 5.82 Å². The Morgan fingerprint density at radius 2 is 2.24 bits per heavy atom. The number of hydrogen-bond donors (Lipinski definition) is 1. The molecule has 21 heavy (non-hydrogen) atoms. The molecule has 0 unspecified atom stereocenters. The Bertz CT molecular complexity index is 616. The molecule has 2 heterocycles. The molecule has 1 amide bonds. The van der Waals surface area contributed by atoms with Crippen LogP contribution in [-0.2, 0) is 14.8 Å². The first-order chi connectivity index (χ1) is 9.90. The molecule has 0 atom stereocenters. The first kappa shape index (κ1) is 15.7. The average molecular weight is 312 g/mol. The number of carbonyl (C=O) groups is 1. The van der Waals surface area contributed by atoms with Crippen LogP contribution in [0.25, 0.3) is 0 Å². The van der Waals surface area contributed by atoms with Crippen LogP contribution in [0.3, 0.4) is 0 Å². The zero-order valence-corrected chi connectivity index (χ0v) is 13.1. The molecule has 116 valence electrons. The van der Waals surface area contributed by atoms with E-state index in [1.54, 1.807) is 23.2 Å². The molecule has 0 aromatic carbocycles. The predicted octanol–water partition coefficient (Wildman–Crippen LogP) is 0.512. The largest absolute Gasteiger partial charge is 0.361 e. The van der Waals surface area contributed by atoms with Crippen molar-refractivity contribution < 1.29 is 13.2 Å². The van der Waals surface area contributed by atoms with E-state index in [1.165, 1.54) is 4.31 Å². The summed E-state index contributed by atoms with van der Waals surface area (Å²) in [5, 5.41) is 2.78. The van der Waals surface area contributed by atoms with Gasteiger partial charge in [-0.15, -0.1) is 0 Å². The van der Waals surface area contributed by atoms with Crippen molar-refractivity contribution in [2.45, 2.75) is 12.8 Å². The number of hydrogen-bond acceptors (Lipinski definition) is 5. The second kappa shape index (κ2) is 6.40. The summed E-state index contributed by atoms with van der Waals surface area (Å²) in [6, 6.07) is 3.51. The number of aromatic nitrogens is 1. The van der Waals surface area contributed by atoms with Crippen molar-refractivity contribution >= 4 is 27.4 Å². The minimum Gasteiger partial charge on any atom is -0.361 e. The fourth-order valence-corrected chi connectivity index (χ4v) is 3.76. The Kier molecular flexibility index (Phi) is 4.79. The van der Waals surface area contributed by atoms with E-state index in [4.69, 9.17) is 0 Å². The first-order valence-electron chi connectivity index (χ1n) is 6.80. The van der Waals surface area contributed by atoms with E-state index in [0.717, 1.165) is 0 Å². The van der Waals surface area contributed by atoms with Crippen molar-refractivity contribution in [3.05, 3.63) is 18.3 Å². The smallest absolute Gasteiger partial charge is 0.225 e. The van der Waals surface area contributed by atoms with Crippen LogP contribution < -0.4 is 10.2 Å². The molecule has 0 aliphatic carbocycles. The molecule has 1 saturated heterocycles. The molecule has 1 fully saturated rings. The van der Waals surface area contributed by atoms with Crippen molar-refractivity contribution in [3.63, 3.8) is 0 Å². The number of nitrogens with one attached hydrogen (secondary N) is 1. The van der Waals surface area contributed by atoms with Crippen LogP contribution in [0.1, 0.15) is 12.8 Å². The summed E-state index contributed by atoms with van der Waals surface area (Å²) in [4.78, 5) is 18.0. The summed E-state index contributed by atoms with van der Waals surface area (Å²) in [6.07, 6.45) is 2.43. The van der Waals surface area contributed by atoms with Gasteiger partial charge in [-0.3, -0.25) is 4.79 Å².